The normalized spacial score (nSPS) is 35.4. The van der Waals surface area contributed by atoms with Crippen LogP contribution in [0.5, 0.6) is 0 Å². The van der Waals surface area contributed by atoms with Crippen LogP contribution in [-0.2, 0) is 14.3 Å². The molecule has 29 heavy (non-hydrogen) atoms. The number of esters is 1. The van der Waals surface area contributed by atoms with Gasteiger partial charge in [0.15, 0.2) is 6.04 Å². The number of quaternary nitrogens is 1. The number of nitrogens with two attached hydrogens (primary N) is 1. The Bertz CT molecular complexity index is 812. The summed E-state index contributed by atoms with van der Waals surface area (Å²) in [4.78, 5) is 39.0. The second kappa shape index (κ2) is 6.94. The van der Waals surface area contributed by atoms with E-state index in [0.717, 1.165) is 17.8 Å². The van der Waals surface area contributed by atoms with E-state index < -0.39 is 5.97 Å². The molecule has 154 valence electrons. The summed E-state index contributed by atoms with van der Waals surface area (Å²) in [7, 11) is 0. The maximum absolute atomic E-state index is 13.1. The molecule has 0 aromatic heterocycles. The number of rotatable bonds is 5. The van der Waals surface area contributed by atoms with Crippen LogP contribution in [0, 0.1) is 17.8 Å². The van der Waals surface area contributed by atoms with Crippen LogP contribution >= 0.6 is 0 Å². The molecule has 4 saturated carbocycles. The number of carbonyl (C=O) groups is 3. The lowest BCUT2D eigenvalue weighted by molar-refractivity contribution is -0.755. The van der Waals surface area contributed by atoms with E-state index in [-0.39, 0.29) is 29.8 Å². The Morgan fingerprint density at radius 1 is 1.07 bits per heavy atom. The summed E-state index contributed by atoms with van der Waals surface area (Å²) >= 11 is 0. The van der Waals surface area contributed by atoms with Crippen molar-refractivity contribution >= 4 is 23.5 Å². The van der Waals surface area contributed by atoms with E-state index in [1.165, 1.54) is 43.4 Å². The van der Waals surface area contributed by atoms with Crippen molar-refractivity contribution in [1.82, 2.24) is 0 Å². The van der Waals surface area contributed by atoms with E-state index in [1.807, 2.05) is 0 Å². The third-order valence-electron chi connectivity index (χ3n) is 7.46. The first kappa shape index (κ1) is 18.8. The van der Waals surface area contributed by atoms with Crippen molar-refractivity contribution in [3.8, 4) is 0 Å². The Morgan fingerprint density at radius 3 is 2.21 bits per heavy atom. The molecule has 1 aliphatic heterocycles. The second-order valence-corrected chi connectivity index (χ2v) is 9.59. The highest BCUT2D eigenvalue weighted by Gasteiger charge is 2.56. The highest BCUT2D eigenvalue weighted by Crippen LogP contribution is 2.54. The highest BCUT2D eigenvalue weighted by atomic mass is 16.5. The molecule has 1 atom stereocenters. The number of carbonyl (C=O) groups excluding carboxylic acids is 3. The molecular formula is C23H29N2O4+. The van der Waals surface area contributed by atoms with Crippen molar-refractivity contribution in [3.05, 3.63) is 29.8 Å². The number of hydrogen-bond acceptors (Lipinski definition) is 4. The lowest BCUT2D eigenvalue weighted by Gasteiger charge is -2.55. The van der Waals surface area contributed by atoms with Crippen molar-refractivity contribution in [2.45, 2.75) is 63.5 Å². The summed E-state index contributed by atoms with van der Waals surface area (Å²) in [6, 6.07) is 6.24. The molecule has 1 aromatic carbocycles. The van der Waals surface area contributed by atoms with E-state index in [0.29, 0.717) is 17.9 Å². The fourth-order valence-corrected chi connectivity index (χ4v) is 6.83. The molecule has 5 fully saturated rings. The van der Waals surface area contributed by atoms with Crippen LogP contribution in [0.1, 0.15) is 62.2 Å². The predicted octanol–water partition coefficient (Wildman–Crippen LogP) is 2.03. The van der Waals surface area contributed by atoms with Gasteiger partial charge in [-0.3, -0.25) is 9.59 Å². The standard InChI is InChI=1S/C23H28N2O4/c1-2-29-22(28)17-3-5-18(6-4-17)25-20(26)10-19(21(25)27)24-23-11-14-7-15(12-23)9-16(8-14)13-23/h3-6,14-16,19,24H,2,7-13H2,1H3/p+1/t14?,15?,16?,19-,23?/m0/s1. The van der Waals surface area contributed by atoms with E-state index >= 15 is 0 Å². The number of hydrogen-bond donors (Lipinski definition) is 1. The maximum atomic E-state index is 13.1. The summed E-state index contributed by atoms with van der Waals surface area (Å²) in [5.74, 6) is 1.79. The number of ether oxygens (including phenoxy) is 1. The average molecular weight is 397 g/mol. The van der Waals surface area contributed by atoms with Crippen LogP contribution in [0.25, 0.3) is 0 Å². The van der Waals surface area contributed by atoms with Gasteiger partial charge in [-0.05, 0) is 68.2 Å². The molecule has 6 heteroatoms. The Balaban J connectivity index is 1.31. The monoisotopic (exact) mass is 397 g/mol. The van der Waals surface area contributed by atoms with Gasteiger partial charge in [0.1, 0.15) is 0 Å². The van der Waals surface area contributed by atoms with Crippen molar-refractivity contribution < 1.29 is 24.4 Å². The van der Waals surface area contributed by atoms with Crippen molar-refractivity contribution in [2.24, 2.45) is 17.8 Å². The molecule has 4 bridgehead atoms. The molecule has 1 aromatic rings. The largest absolute Gasteiger partial charge is 0.462 e. The minimum absolute atomic E-state index is 0.116. The van der Waals surface area contributed by atoms with E-state index in [2.05, 4.69) is 5.32 Å². The molecule has 6 nitrogen and oxygen atoms in total. The van der Waals surface area contributed by atoms with Crippen LogP contribution in [0.4, 0.5) is 5.69 Å². The summed E-state index contributed by atoms with van der Waals surface area (Å²) in [5, 5.41) is 2.27. The predicted molar refractivity (Wildman–Crippen MR) is 106 cm³/mol. The SMILES string of the molecule is CCOC(=O)c1ccc(N2C(=O)C[C@H]([NH2+]C34CC5CC(CC(C5)C3)C4)C2=O)cc1. The molecule has 2 amide bonds. The van der Waals surface area contributed by atoms with E-state index in [4.69, 9.17) is 4.74 Å². The zero-order chi connectivity index (χ0) is 20.2. The summed E-state index contributed by atoms with van der Waals surface area (Å²) < 4.78 is 5.00. The second-order valence-electron chi connectivity index (χ2n) is 9.59. The summed E-state index contributed by atoms with van der Waals surface area (Å²) in [6.45, 7) is 2.07. The first-order chi connectivity index (χ1) is 14.0. The molecular weight excluding hydrogens is 368 g/mol. The smallest absolute Gasteiger partial charge is 0.338 e. The topological polar surface area (TPSA) is 80.3 Å². The number of nitrogens with zero attached hydrogens (tertiary/aromatic N) is 1. The Hall–Kier alpha value is -2.21. The van der Waals surface area contributed by atoms with Crippen LogP contribution in [0.2, 0.25) is 0 Å². The molecule has 1 heterocycles. The minimum Gasteiger partial charge on any atom is -0.462 e. The van der Waals surface area contributed by atoms with Gasteiger partial charge in [0, 0.05) is 19.3 Å². The molecule has 0 unspecified atom stereocenters. The van der Waals surface area contributed by atoms with Gasteiger partial charge in [-0.15, -0.1) is 0 Å². The first-order valence-electron chi connectivity index (χ1n) is 11.0. The van der Waals surface area contributed by atoms with Gasteiger partial charge in [0.05, 0.1) is 29.8 Å². The molecule has 5 aliphatic rings. The minimum atomic E-state index is -0.397. The van der Waals surface area contributed by atoms with Crippen LogP contribution < -0.4 is 10.2 Å². The number of imide groups is 1. The van der Waals surface area contributed by atoms with Crippen molar-refractivity contribution in [3.63, 3.8) is 0 Å². The third-order valence-corrected chi connectivity index (χ3v) is 7.46. The van der Waals surface area contributed by atoms with Crippen molar-refractivity contribution in [2.75, 3.05) is 11.5 Å². The summed E-state index contributed by atoms with van der Waals surface area (Å²) in [6.07, 6.45) is 7.96. The molecule has 0 radical (unpaired) electrons. The zero-order valence-electron chi connectivity index (χ0n) is 16.9. The van der Waals surface area contributed by atoms with Gasteiger partial charge in [-0.2, -0.15) is 0 Å². The number of anilines is 1. The van der Waals surface area contributed by atoms with Gasteiger partial charge in [-0.1, -0.05) is 0 Å². The van der Waals surface area contributed by atoms with Gasteiger partial charge in [0.2, 0.25) is 5.91 Å². The van der Waals surface area contributed by atoms with Crippen LogP contribution in [-0.4, -0.2) is 36.0 Å². The third kappa shape index (κ3) is 3.27. The fraction of sp³-hybridized carbons (Fsp3) is 0.609. The number of benzene rings is 1. The average Bonchev–Trinajstić information content (AvgIpc) is 2.93. The van der Waals surface area contributed by atoms with Crippen LogP contribution in [0.3, 0.4) is 0 Å². The lowest BCUT2D eigenvalue weighted by Crippen LogP contribution is -3.03. The molecule has 0 spiro atoms. The van der Waals surface area contributed by atoms with Gasteiger partial charge in [-0.25, -0.2) is 9.69 Å². The Kier molecular flexibility index (Phi) is 4.50. The fourth-order valence-electron chi connectivity index (χ4n) is 6.83. The first-order valence-corrected chi connectivity index (χ1v) is 11.0. The molecule has 2 N–H and O–H groups in total. The van der Waals surface area contributed by atoms with Crippen LogP contribution in [0.15, 0.2) is 24.3 Å². The van der Waals surface area contributed by atoms with E-state index in [9.17, 15) is 14.4 Å². The summed E-state index contributed by atoms with van der Waals surface area (Å²) in [5.41, 5.74) is 1.12. The maximum Gasteiger partial charge on any atom is 0.338 e. The van der Waals surface area contributed by atoms with Gasteiger partial charge >= 0.3 is 5.97 Å². The molecule has 4 aliphatic carbocycles. The van der Waals surface area contributed by atoms with Gasteiger partial charge < -0.3 is 10.1 Å². The highest BCUT2D eigenvalue weighted by molar-refractivity contribution is 6.21. The number of amides is 2. The molecule has 1 saturated heterocycles. The Labute approximate surface area is 171 Å². The van der Waals surface area contributed by atoms with E-state index in [1.54, 1.807) is 31.2 Å². The Morgan fingerprint density at radius 2 is 1.66 bits per heavy atom. The van der Waals surface area contributed by atoms with Crippen molar-refractivity contribution in [1.29, 1.82) is 0 Å². The quantitative estimate of drug-likeness (QED) is 0.609. The lowest BCUT2D eigenvalue weighted by atomic mass is 9.53. The van der Waals surface area contributed by atoms with Gasteiger partial charge in [0.25, 0.3) is 5.91 Å². The molecule has 6 rings (SSSR count). The zero-order valence-corrected chi connectivity index (χ0v) is 16.9.